The molecule has 1 atom stereocenters. The van der Waals surface area contributed by atoms with Gasteiger partial charge in [-0.25, -0.2) is 4.79 Å². The second-order valence-corrected chi connectivity index (χ2v) is 4.77. The molecule has 1 fully saturated rings. The molecule has 0 bridgehead atoms. The van der Waals surface area contributed by atoms with Crippen molar-refractivity contribution >= 4 is 5.97 Å². The van der Waals surface area contributed by atoms with Crippen LogP contribution in [-0.2, 0) is 6.42 Å². The van der Waals surface area contributed by atoms with E-state index in [0.29, 0.717) is 24.2 Å². The third-order valence-electron chi connectivity index (χ3n) is 3.17. The van der Waals surface area contributed by atoms with Crippen LogP contribution in [0.1, 0.15) is 36.8 Å². The molecule has 0 aliphatic carbocycles. The summed E-state index contributed by atoms with van der Waals surface area (Å²) in [5.74, 6) is -0.493. The third-order valence-corrected chi connectivity index (χ3v) is 3.17. The average molecular weight is 239 g/mol. The van der Waals surface area contributed by atoms with Crippen LogP contribution in [0.5, 0.6) is 0 Å². The van der Waals surface area contributed by atoms with Crippen molar-refractivity contribution in [2.24, 2.45) is 5.92 Å². The lowest BCUT2D eigenvalue weighted by Gasteiger charge is -2.19. The normalized spacial score (nSPS) is 21.2. The van der Waals surface area contributed by atoms with Crippen molar-refractivity contribution < 1.29 is 14.4 Å². The highest BCUT2D eigenvalue weighted by molar-refractivity contribution is 5.81. The zero-order valence-corrected chi connectivity index (χ0v) is 10.1. The molecule has 1 unspecified atom stereocenters. The van der Waals surface area contributed by atoms with Gasteiger partial charge in [0.2, 0.25) is 0 Å². The first-order chi connectivity index (χ1) is 8.06. The summed E-state index contributed by atoms with van der Waals surface area (Å²) < 4.78 is 4.64. The highest BCUT2D eigenvalue weighted by atomic mass is 16.5. The van der Waals surface area contributed by atoms with Crippen molar-refractivity contribution in [2.45, 2.75) is 32.7 Å². The summed E-state index contributed by atoms with van der Waals surface area (Å²) in [6, 6.07) is 0.555. The topological polar surface area (TPSA) is 79.5 Å². The number of carboxylic acids is 1. The average Bonchev–Trinajstić information content (AvgIpc) is 2.87. The Labute approximate surface area is 99.6 Å². The van der Waals surface area contributed by atoms with Crippen LogP contribution in [0.25, 0.3) is 0 Å². The molecule has 2 heterocycles. The first kappa shape index (κ1) is 12.0. The van der Waals surface area contributed by atoms with E-state index < -0.39 is 5.97 Å². The first-order valence-electron chi connectivity index (χ1n) is 5.86. The fourth-order valence-corrected chi connectivity index (χ4v) is 2.18. The van der Waals surface area contributed by atoms with E-state index in [1.807, 2.05) is 0 Å². The number of carboxylic acid groups (broad SMARTS) is 1. The zero-order chi connectivity index (χ0) is 12.4. The quantitative estimate of drug-likeness (QED) is 0.845. The van der Waals surface area contributed by atoms with Crippen LogP contribution in [0.2, 0.25) is 0 Å². The molecule has 6 heteroatoms. The Morgan fingerprint density at radius 1 is 1.65 bits per heavy atom. The van der Waals surface area contributed by atoms with E-state index in [1.54, 1.807) is 0 Å². The van der Waals surface area contributed by atoms with Crippen LogP contribution in [0.3, 0.4) is 0 Å². The highest BCUT2D eigenvalue weighted by Gasteiger charge is 2.26. The molecule has 0 aromatic carbocycles. The fourth-order valence-electron chi connectivity index (χ4n) is 2.18. The van der Waals surface area contributed by atoms with Gasteiger partial charge in [0, 0.05) is 19.0 Å². The van der Waals surface area contributed by atoms with E-state index in [1.165, 1.54) is 0 Å². The minimum Gasteiger partial charge on any atom is -0.474 e. The summed E-state index contributed by atoms with van der Waals surface area (Å²) in [5.41, 5.74) is 0. The van der Waals surface area contributed by atoms with Gasteiger partial charge in [-0.2, -0.15) is 4.98 Å². The Kier molecular flexibility index (Phi) is 3.42. The molecular formula is C11H17N3O3. The van der Waals surface area contributed by atoms with Gasteiger partial charge in [0.25, 0.3) is 0 Å². The lowest BCUT2D eigenvalue weighted by Crippen LogP contribution is -2.28. The van der Waals surface area contributed by atoms with Gasteiger partial charge in [-0.3, -0.25) is 0 Å². The molecular weight excluding hydrogens is 222 g/mol. The predicted octanol–water partition coefficient (Wildman–Crippen LogP) is 1.04. The maximum atomic E-state index is 10.6. The van der Waals surface area contributed by atoms with Gasteiger partial charge in [-0.05, 0) is 32.7 Å². The summed E-state index contributed by atoms with van der Waals surface area (Å²) in [5, 5.41) is 12.4. The van der Waals surface area contributed by atoms with E-state index in [4.69, 9.17) is 5.11 Å². The summed E-state index contributed by atoms with van der Waals surface area (Å²) in [6.07, 6.45) is 1.80. The molecule has 17 heavy (non-hydrogen) atoms. The standard InChI is InChI=1S/C11H17N3O3/c1-7(2)14-4-3-8(6-14)5-9-12-10(11(15)16)17-13-9/h7-8H,3-6H2,1-2H3,(H,15,16). The number of hydrogen-bond donors (Lipinski definition) is 1. The van der Waals surface area contributed by atoms with Crippen molar-refractivity contribution in [3.05, 3.63) is 11.7 Å². The lowest BCUT2D eigenvalue weighted by molar-refractivity contribution is 0.0643. The van der Waals surface area contributed by atoms with Crippen molar-refractivity contribution in [3.8, 4) is 0 Å². The van der Waals surface area contributed by atoms with E-state index in [0.717, 1.165) is 19.5 Å². The highest BCUT2D eigenvalue weighted by Crippen LogP contribution is 2.21. The largest absolute Gasteiger partial charge is 0.474 e. The van der Waals surface area contributed by atoms with E-state index in [2.05, 4.69) is 33.4 Å². The van der Waals surface area contributed by atoms with Crippen molar-refractivity contribution in [1.29, 1.82) is 0 Å². The SMILES string of the molecule is CC(C)N1CCC(Cc2noc(C(=O)O)n2)C1. The van der Waals surface area contributed by atoms with Gasteiger partial charge < -0.3 is 14.5 Å². The Balaban J connectivity index is 1.91. The van der Waals surface area contributed by atoms with Gasteiger partial charge >= 0.3 is 11.9 Å². The zero-order valence-electron chi connectivity index (χ0n) is 10.1. The fraction of sp³-hybridized carbons (Fsp3) is 0.727. The number of aromatic nitrogens is 2. The van der Waals surface area contributed by atoms with E-state index in [9.17, 15) is 4.79 Å². The Bertz CT molecular complexity index is 402. The van der Waals surface area contributed by atoms with Gasteiger partial charge in [0.15, 0.2) is 5.82 Å². The van der Waals surface area contributed by atoms with Crippen LogP contribution in [0, 0.1) is 5.92 Å². The molecule has 1 aliphatic rings. The Hall–Kier alpha value is -1.43. The molecule has 0 saturated carbocycles. The van der Waals surface area contributed by atoms with Crippen LogP contribution < -0.4 is 0 Å². The molecule has 1 aromatic heterocycles. The van der Waals surface area contributed by atoms with Crippen LogP contribution in [0.15, 0.2) is 4.52 Å². The maximum absolute atomic E-state index is 10.6. The lowest BCUT2D eigenvalue weighted by atomic mass is 10.1. The van der Waals surface area contributed by atoms with E-state index >= 15 is 0 Å². The second kappa shape index (κ2) is 4.83. The molecule has 94 valence electrons. The number of carbonyl (C=O) groups is 1. The number of likely N-dealkylation sites (tertiary alicyclic amines) is 1. The van der Waals surface area contributed by atoms with E-state index in [-0.39, 0.29) is 5.89 Å². The molecule has 2 rings (SSSR count). The molecule has 1 aliphatic heterocycles. The molecule has 0 amide bonds. The number of aromatic carboxylic acids is 1. The molecule has 1 saturated heterocycles. The van der Waals surface area contributed by atoms with Gasteiger partial charge in [0.05, 0.1) is 0 Å². The van der Waals surface area contributed by atoms with Crippen LogP contribution >= 0.6 is 0 Å². The molecule has 1 N–H and O–H groups in total. The number of hydrogen-bond acceptors (Lipinski definition) is 5. The van der Waals surface area contributed by atoms with Crippen molar-refractivity contribution in [3.63, 3.8) is 0 Å². The number of nitrogens with zero attached hydrogens (tertiary/aromatic N) is 3. The monoisotopic (exact) mass is 239 g/mol. The summed E-state index contributed by atoms with van der Waals surface area (Å²) in [7, 11) is 0. The summed E-state index contributed by atoms with van der Waals surface area (Å²) in [6.45, 7) is 6.47. The summed E-state index contributed by atoms with van der Waals surface area (Å²) >= 11 is 0. The predicted molar refractivity (Wildman–Crippen MR) is 59.8 cm³/mol. The summed E-state index contributed by atoms with van der Waals surface area (Å²) in [4.78, 5) is 16.8. The van der Waals surface area contributed by atoms with Crippen molar-refractivity contribution in [2.75, 3.05) is 13.1 Å². The maximum Gasteiger partial charge on any atom is 0.394 e. The number of rotatable bonds is 4. The van der Waals surface area contributed by atoms with Crippen molar-refractivity contribution in [1.82, 2.24) is 15.0 Å². The smallest absolute Gasteiger partial charge is 0.394 e. The second-order valence-electron chi connectivity index (χ2n) is 4.77. The third kappa shape index (κ3) is 2.82. The van der Waals surface area contributed by atoms with Gasteiger partial charge in [-0.1, -0.05) is 5.16 Å². The van der Waals surface area contributed by atoms with Crippen LogP contribution in [0.4, 0.5) is 0 Å². The first-order valence-corrected chi connectivity index (χ1v) is 5.86. The van der Waals surface area contributed by atoms with Gasteiger partial charge in [-0.15, -0.1) is 0 Å². The van der Waals surface area contributed by atoms with Gasteiger partial charge in [0.1, 0.15) is 0 Å². The minimum atomic E-state index is -1.17. The van der Waals surface area contributed by atoms with Crippen LogP contribution in [-0.4, -0.2) is 45.2 Å². The minimum absolute atomic E-state index is 0.321. The molecule has 6 nitrogen and oxygen atoms in total. The Morgan fingerprint density at radius 3 is 2.94 bits per heavy atom. The molecule has 0 radical (unpaired) electrons. The Morgan fingerprint density at radius 2 is 2.41 bits per heavy atom. The molecule has 1 aromatic rings. The molecule has 0 spiro atoms.